The van der Waals surface area contributed by atoms with Crippen molar-refractivity contribution >= 4 is 11.0 Å². The summed E-state index contributed by atoms with van der Waals surface area (Å²) in [5, 5.41) is 10.1. The first-order valence-corrected chi connectivity index (χ1v) is 9.70. The van der Waals surface area contributed by atoms with Gasteiger partial charge >= 0.3 is 5.63 Å². The van der Waals surface area contributed by atoms with Crippen molar-refractivity contribution in [3.8, 4) is 5.75 Å². The highest BCUT2D eigenvalue weighted by atomic mass is 16.5. The van der Waals surface area contributed by atoms with Gasteiger partial charge in [-0.2, -0.15) is 0 Å². The van der Waals surface area contributed by atoms with Gasteiger partial charge in [-0.25, -0.2) is 4.79 Å². The Morgan fingerprint density at radius 2 is 1.80 bits per heavy atom. The van der Waals surface area contributed by atoms with E-state index in [9.17, 15) is 9.90 Å². The van der Waals surface area contributed by atoms with Crippen LogP contribution >= 0.6 is 0 Å². The molecule has 0 fully saturated rings. The molecule has 0 bridgehead atoms. The van der Waals surface area contributed by atoms with Crippen LogP contribution in [-0.4, -0.2) is 17.1 Å². The molecule has 0 unspecified atom stereocenters. The normalized spacial score (nSPS) is 11.3. The van der Waals surface area contributed by atoms with Crippen LogP contribution < -0.4 is 10.4 Å². The topological polar surface area (TPSA) is 76.1 Å². The predicted octanol–water partition coefficient (Wildman–Crippen LogP) is 4.09. The van der Waals surface area contributed by atoms with Crippen molar-refractivity contribution in [2.45, 2.75) is 26.3 Å². The van der Waals surface area contributed by atoms with Gasteiger partial charge < -0.3 is 18.7 Å². The largest absolute Gasteiger partial charge is 0.489 e. The van der Waals surface area contributed by atoms with Crippen LogP contribution in [0, 0.1) is 0 Å². The summed E-state index contributed by atoms with van der Waals surface area (Å²) < 4.78 is 16.5. The van der Waals surface area contributed by atoms with Crippen LogP contribution in [0.2, 0.25) is 0 Å². The molecule has 0 aliphatic heterocycles. The summed E-state index contributed by atoms with van der Waals surface area (Å²) in [6.07, 6.45) is 1.69. The zero-order valence-electron chi connectivity index (χ0n) is 16.7. The van der Waals surface area contributed by atoms with Crippen molar-refractivity contribution in [1.29, 1.82) is 0 Å². The standard InChI is InChI=1S/C24H23NO5/c1-25(14-21-3-2-10-28-21)13-17-4-6-18(7-5-17)16-29-20-8-9-22-19(15-26)11-24(27)30-23(22)12-20/h2-12,26H,13-16H2,1H3. The highest BCUT2D eigenvalue weighted by Crippen LogP contribution is 2.23. The number of aliphatic hydroxyl groups is 1. The molecule has 1 N–H and O–H groups in total. The van der Waals surface area contributed by atoms with Gasteiger partial charge in [-0.05, 0) is 48.0 Å². The summed E-state index contributed by atoms with van der Waals surface area (Å²) in [5.41, 5.74) is 2.70. The first-order chi connectivity index (χ1) is 14.6. The second-order valence-corrected chi connectivity index (χ2v) is 7.26. The molecule has 0 atom stereocenters. The second-order valence-electron chi connectivity index (χ2n) is 7.26. The summed E-state index contributed by atoms with van der Waals surface area (Å²) >= 11 is 0. The van der Waals surface area contributed by atoms with E-state index in [4.69, 9.17) is 13.6 Å². The van der Waals surface area contributed by atoms with Crippen molar-refractivity contribution in [1.82, 2.24) is 4.90 Å². The lowest BCUT2D eigenvalue weighted by Gasteiger charge is -2.15. The quantitative estimate of drug-likeness (QED) is 0.445. The molecular formula is C24H23NO5. The van der Waals surface area contributed by atoms with Crippen LogP contribution in [-0.2, 0) is 26.3 Å². The predicted molar refractivity (Wildman–Crippen MR) is 113 cm³/mol. The molecule has 0 amide bonds. The van der Waals surface area contributed by atoms with Crippen LogP contribution in [0.3, 0.4) is 0 Å². The SMILES string of the molecule is CN(Cc1ccc(COc2ccc3c(CO)cc(=O)oc3c2)cc1)Cc1ccco1. The van der Waals surface area contributed by atoms with E-state index >= 15 is 0 Å². The molecule has 30 heavy (non-hydrogen) atoms. The van der Waals surface area contributed by atoms with E-state index in [1.165, 1.54) is 11.6 Å². The van der Waals surface area contributed by atoms with E-state index in [1.807, 2.05) is 24.3 Å². The fourth-order valence-corrected chi connectivity index (χ4v) is 3.37. The van der Waals surface area contributed by atoms with Gasteiger partial charge in [-0.15, -0.1) is 0 Å². The van der Waals surface area contributed by atoms with Gasteiger partial charge in [0.1, 0.15) is 23.7 Å². The third kappa shape index (κ3) is 4.79. The maximum atomic E-state index is 11.6. The maximum Gasteiger partial charge on any atom is 0.336 e. The first kappa shape index (κ1) is 19.9. The van der Waals surface area contributed by atoms with Crippen LogP contribution in [0.1, 0.15) is 22.5 Å². The van der Waals surface area contributed by atoms with Crippen molar-refractivity contribution in [2.24, 2.45) is 0 Å². The van der Waals surface area contributed by atoms with Crippen LogP contribution in [0.4, 0.5) is 0 Å². The van der Waals surface area contributed by atoms with E-state index in [-0.39, 0.29) is 6.61 Å². The molecule has 6 nitrogen and oxygen atoms in total. The molecule has 0 aliphatic rings. The Morgan fingerprint density at radius 1 is 1.00 bits per heavy atom. The molecule has 4 rings (SSSR count). The molecule has 2 aromatic heterocycles. The highest BCUT2D eigenvalue weighted by Gasteiger charge is 2.07. The number of benzene rings is 2. The highest BCUT2D eigenvalue weighted by molar-refractivity contribution is 5.81. The molecule has 154 valence electrons. The summed E-state index contributed by atoms with van der Waals surface area (Å²) in [6, 6.07) is 18.7. The summed E-state index contributed by atoms with van der Waals surface area (Å²) in [5.74, 6) is 1.54. The van der Waals surface area contributed by atoms with Crippen molar-refractivity contribution < 1.29 is 18.7 Å². The molecular weight excluding hydrogens is 382 g/mol. The Kier molecular flexibility index (Phi) is 5.97. The number of rotatable bonds is 8. The monoisotopic (exact) mass is 405 g/mol. The maximum absolute atomic E-state index is 11.6. The number of nitrogens with zero attached hydrogens (tertiary/aromatic N) is 1. The molecule has 0 saturated carbocycles. The fourth-order valence-electron chi connectivity index (χ4n) is 3.37. The number of hydrogen-bond donors (Lipinski definition) is 1. The van der Waals surface area contributed by atoms with Gasteiger partial charge in [0.25, 0.3) is 0 Å². The number of furan rings is 1. The minimum atomic E-state index is -0.490. The van der Waals surface area contributed by atoms with E-state index in [0.717, 1.165) is 24.4 Å². The Bertz CT molecular complexity index is 1160. The van der Waals surface area contributed by atoms with E-state index in [1.54, 1.807) is 24.5 Å². The molecule has 4 aromatic rings. The molecule has 0 spiro atoms. The fraction of sp³-hybridized carbons (Fsp3) is 0.208. The molecule has 0 saturated heterocycles. The minimum absolute atomic E-state index is 0.217. The molecule has 0 aliphatic carbocycles. The second kappa shape index (κ2) is 8.98. The number of aliphatic hydroxyl groups excluding tert-OH is 1. The van der Waals surface area contributed by atoms with E-state index in [2.05, 4.69) is 24.1 Å². The Hall–Kier alpha value is -3.35. The lowest BCUT2D eigenvalue weighted by molar-refractivity contribution is 0.282. The Balaban J connectivity index is 1.37. The smallest absolute Gasteiger partial charge is 0.336 e. The number of ether oxygens (including phenoxy) is 1. The van der Waals surface area contributed by atoms with E-state index < -0.39 is 5.63 Å². The van der Waals surface area contributed by atoms with Gasteiger partial charge in [-0.1, -0.05) is 24.3 Å². The Labute approximate surface area is 173 Å². The first-order valence-electron chi connectivity index (χ1n) is 9.70. The van der Waals surface area contributed by atoms with E-state index in [0.29, 0.717) is 28.9 Å². The van der Waals surface area contributed by atoms with Gasteiger partial charge in [-0.3, -0.25) is 4.90 Å². The lowest BCUT2D eigenvalue weighted by atomic mass is 10.1. The third-order valence-electron chi connectivity index (χ3n) is 4.86. The summed E-state index contributed by atoms with van der Waals surface area (Å²) in [4.78, 5) is 13.8. The van der Waals surface area contributed by atoms with Crippen LogP contribution in [0.5, 0.6) is 5.75 Å². The molecule has 2 aromatic carbocycles. The summed E-state index contributed by atoms with van der Waals surface area (Å²) in [7, 11) is 2.06. The van der Waals surface area contributed by atoms with Gasteiger partial charge in [0, 0.05) is 24.1 Å². The molecule has 6 heteroatoms. The van der Waals surface area contributed by atoms with Gasteiger partial charge in [0.05, 0.1) is 19.4 Å². The minimum Gasteiger partial charge on any atom is -0.489 e. The van der Waals surface area contributed by atoms with Crippen molar-refractivity contribution in [3.05, 3.63) is 99.8 Å². The third-order valence-corrected chi connectivity index (χ3v) is 4.86. The van der Waals surface area contributed by atoms with Crippen LogP contribution in [0.25, 0.3) is 11.0 Å². The summed E-state index contributed by atoms with van der Waals surface area (Å²) in [6.45, 7) is 1.76. The van der Waals surface area contributed by atoms with Gasteiger partial charge in [0.2, 0.25) is 0 Å². The Morgan fingerprint density at radius 3 is 2.53 bits per heavy atom. The molecule has 0 radical (unpaired) electrons. The number of fused-ring (bicyclic) bond motifs is 1. The zero-order chi connectivity index (χ0) is 20.9. The number of hydrogen-bond acceptors (Lipinski definition) is 6. The zero-order valence-corrected chi connectivity index (χ0v) is 16.7. The lowest BCUT2D eigenvalue weighted by Crippen LogP contribution is -2.16. The van der Waals surface area contributed by atoms with Gasteiger partial charge in [0.15, 0.2) is 0 Å². The average Bonchev–Trinajstić information content (AvgIpc) is 3.25. The van der Waals surface area contributed by atoms with Crippen molar-refractivity contribution in [2.75, 3.05) is 7.05 Å². The van der Waals surface area contributed by atoms with Crippen LogP contribution in [0.15, 0.2) is 80.6 Å². The average molecular weight is 405 g/mol. The van der Waals surface area contributed by atoms with Crippen molar-refractivity contribution in [3.63, 3.8) is 0 Å². The molecule has 2 heterocycles.